The third-order valence-electron chi connectivity index (χ3n) is 9.77. The van der Waals surface area contributed by atoms with Crippen LogP contribution in [0.4, 0.5) is 0 Å². The molecule has 2 saturated heterocycles. The van der Waals surface area contributed by atoms with Gasteiger partial charge in [0.2, 0.25) is 0 Å². The topological polar surface area (TPSA) is 51.8 Å². The van der Waals surface area contributed by atoms with E-state index in [0.717, 1.165) is 86.7 Å². The first-order chi connectivity index (χ1) is 12.9. The van der Waals surface area contributed by atoms with Crippen molar-refractivity contribution in [1.29, 1.82) is 0 Å². The smallest absolute Gasteiger partial charge is 0.0770 e. The van der Waals surface area contributed by atoms with Gasteiger partial charge < -0.3 is 24.8 Å². The zero-order valence-electron chi connectivity index (χ0n) is 15.6. The molecular formula is C21H32N2O3. The van der Waals surface area contributed by atoms with Crippen LogP contribution in [0.15, 0.2) is 0 Å². The Morgan fingerprint density at radius 1 is 0.654 bits per heavy atom. The molecule has 7 fully saturated rings. The second-order valence-electron chi connectivity index (χ2n) is 10.1. The van der Waals surface area contributed by atoms with E-state index < -0.39 is 0 Å². The largest absolute Gasteiger partial charge is 0.378 e. The molecule has 2 spiro atoms. The van der Waals surface area contributed by atoms with Crippen molar-refractivity contribution >= 4 is 0 Å². The van der Waals surface area contributed by atoms with Crippen molar-refractivity contribution in [2.45, 2.75) is 30.5 Å². The quantitative estimate of drug-likeness (QED) is 0.672. The average Bonchev–Trinajstić information content (AvgIpc) is 3.20. The second-order valence-corrected chi connectivity index (χ2v) is 10.1. The zero-order chi connectivity index (χ0) is 16.9. The van der Waals surface area contributed by atoms with Crippen molar-refractivity contribution in [1.82, 2.24) is 10.6 Å². The van der Waals surface area contributed by atoms with Crippen LogP contribution in [0, 0.1) is 47.3 Å². The third kappa shape index (κ3) is 1.57. The molecule has 2 heterocycles. The maximum Gasteiger partial charge on any atom is 0.0770 e. The van der Waals surface area contributed by atoms with Crippen molar-refractivity contribution in [3.63, 3.8) is 0 Å². The monoisotopic (exact) mass is 360 g/mol. The summed E-state index contributed by atoms with van der Waals surface area (Å²) < 4.78 is 18.5. The fourth-order valence-electron chi connectivity index (χ4n) is 9.51. The lowest BCUT2D eigenvalue weighted by Crippen LogP contribution is -2.63. The fraction of sp³-hybridized carbons (Fsp3) is 1.00. The summed E-state index contributed by atoms with van der Waals surface area (Å²) in [5, 5.41) is 7.26. The molecule has 0 radical (unpaired) electrons. The summed E-state index contributed by atoms with van der Waals surface area (Å²) in [5.74, 6) is 7.86. The lowest BCUT2D eigenvalue weighted by Gasteiger charge is -2.60. The zero-order valence-corrected chi connectivity index (χ0v) is 15.6. The van der Waals surface area contributed by atoms with Crippen molar-refractivity contribution in [3.05, 3.63) is 0 Å². The minimum atomic E-state index is 0.239. The van der Waals surface area contributed by atoms with E-state index in [2.05, 4.69) is 10.6 Å². The number of ether oxygens (including phenoxy) is 3. The van der Waals surface area contributed by atoms with Gasteiger partial charge in [-0.1, -0.05) is 0 Å². The molecule has 5 heteroatoms. The molecule has 6 bridgehead atoms. The summed E-state index contributed by atoms with van der Waals surface area (Å²) in [5.41, 5.74) is 0.496. The Balaban J connectivity index is 1.14. The Morgan fingerprint density at radius 2 is 1.35 bits per heavy atom. The van der Waals surface area contributed by atoms with Crippen LogP contribution >= 0.6 is 0 Å². The molecule has 26 heavy (non-hydrogen) atoms. The van der Waals surface area contributed by atoms with E-state index in [0.29, 0.717) is 13.2 Å². The Kier molecular flexibility index (Phi) is 3.16. The van der Waals surface area contributed by atoms with Gasteiger partial charge in [0.1, 0.15) is 0 Å². The van der Waals surface area contributed by atoms with E-state index in [4.69, 9.17) is 14.2 Å². The lowest BCUT2D eigenvalue weighted by molar-refractivity contribution is -0.260. The van der Waals surface area contributed by atoms with Gasteiger partial charge in [0, 0.05) is 13.1 Å². The highest BCUT2D eigenvalue weighted by Crippen LogP contribution is 2.94. The summed E-state index contributed by atoms with van der Waals surface area (Å²) in [7, 11) is 0. The maximum absolute atomic E-state index is 7.22. The first kappa shape index (κ1) is 15.7. The normalized spacial score (nSPS) is 62.8. The Hall–Kier alpha value is -0.200. The van der Waals surface area contributed by atoms with Gasteiger partial charge in [0.25, 0.3) is 0 Å². The van der Waals surface area contributed by atoms with Crippen molar-refractivity contribution < 1.29 is 14.2 Å². The van der Waals surface area contributed by atoms with Crippen LogP contribution in [-0.4, -0.2) is 63.8 Å². The van der Waals surface area contributed by atoms with E-state index in [1.165, 1.54) is 19.3 Å². The molecule has 10 unspecified atom stereocenters. The van der Waals surface area contributed by atoms with Gasteiger partial charge in [-0.2, -0.15) is 0 Å². The molecule has 2 aliphatic heterocycles. The number of nitrogens with one attached hydrogen (secondary N) is 2. The Morgan fingerprint density at radius 3 is 2.12 bits per heavy atom. The SMILES string of the molecule is C1COCCOCCNCCC23OC4(CCN1)C1CC5C1C1C4C2C5C13. The van der Waals surface area contributed by atoms with E-state index in [-0.39, 0.29) is 11.2 Å². The van der Waals surface area contributed by atoms with Gasteiger partial charge in [0.05, 0.1) is 37.6 Å². The molecule has 5 saturated carbocycles. The summed E-state index contributed by atoms with van der Waals surface area (Å²) in [6.45, 7) is 7.05. The van der Waals surface area contributed by atoms with Crippen molar-refractivity contribution in [2.75, 3.05) is 52.6 Å². The van der Waals surface area contributed by atoms with Crippen LogP contribution in [0.25, 0.3) is 0 Å². The molecule has 5 aliphatic carbocycles. The molecule has 0 aromatic rings. The van der Waals surface area contributed by atoms with Crippen LogP contribution in [0.2, 0.25) is 0 Å². The van der Waals surface area contributed by atoms with Crippen molar-refractivity contribution in [2.24, 2.45) is 47.3 Å². The average molecular weight is 360 g/mol. The van der Waals surface area contributed by atoms with Gasteiger partial charge in [-0.25, -0.2) is 0 Å². The van der Waals surface area contributed by atoms with Gasteiger partial charge in [-0.05, 0) is 79.7 Å². The Bertz CT molecular complexity index is 610. The van der Waals surface area contributed by atoms with E-state index in [1.54, 1.807) is 0 Å². The minimum Gasteiger partial charge on any atom is -0.378 e. The van der Waals surface area contributed by atoms with Gasteiger partial charge in [-0.15, -0.1) is 0 Å². The third-order valence-corrected chi connectivity index (χ3v) is 9.77. The second kappa shape index (κ2) is 5.24. The molecular weight excluding hydrogens is 328 g/mol. The molecule has 0 aromatic heterocycles. The highest BCUT2D eigenvalue weighted by atomic mass is 16.5. The molecule has 2 N–H and O–H groups in total. The van der Waals surface area contributed by atoms with E-state index in [1.807, 2.05) is 0 Å². The molecule has 0 aromatic carbocycles. The first-order valence-electron chi connectivity index (χ1n) is 11.2. The molecule has 144 valence electrons. The van der Waals surface area contributed by atoms with E-state index >= 15 is 0 Å². The predicted molar refractivity (Wildman–Crippen MR) is 95.7 cm³/mol. The summed E-state index contributed by atoms with van der Waals surface area (Å²) >= 11 is 0. The number of rotatable bonds is 0. The van der Waals surface area contributed by atoms with E-state index in [9.17, 15) is 0 Å². The van der Waals surface area contributed by atoms with Gasteiger partial charge in [0.15, 0.2) is 0 Å². The predicted octanol–water partition coefficient (Wildman–Crippen LogP) is 0.888. The number of hydrogen-bond donors (Lipinski definition) is 2. The minimum absolute atomic E-state index is 0.239. The summed E-state index contributed by atoms with van der Waals surface area (Å²) in [6, 6.07) is 0. The molecule has 7 aliphatic rings. The summed E-state index contributed by atoms with van der Waals surface area (Å²) in [4.78, 5) is 0. The highest BCUT2D eigenvalue weighted by Gasteiger charge is 2.96. The first-order valence-corrected chi connectivity index (χ1v) is 11.2. The van der Waals surface area contributed by atoms with Gasteiger partial charge in [-0.3, -0.25) is 0 Å². The standard InChI is InChI=1S/C21H32N2O3/c1-3-22-5-7-24-9-10-25-8-6-23-4-2-21-17-15-12-11-13-14(12)16(17)19(18(15)21)20(1,13)26-21/h12-19,22-23H,1-11H2. The maximum atomic E-state index is 7.22. The van der Waals surface area contributed by atoms with Crippen LogP contribution in [-0.2, 0) is 14.2 Å². The molecule has 7 rings (SSSR count). The molecule has 10 atom stereocenters. The van der Waals surface area contributed by atoms with Crippen molar-refractivity contribution in [3.8, 4) is 0 Å². The number of hydrogen-bond acceptors (Lipinski definition) is 5. The Labute approximate surface area is 155 Å². The molecule has 0 amide bonds. The van der Waals surface area contributed by atoms with Crippen LogP contribution in [0.5, 0.6) is 0 Å². The van der Waals surface area contributed by atoms with Crippen LogP contribution in [0.1, 0.15) is 19.3 Å². The fourth-order valence-corrected chi connectivity index (χ4v) is 9.51. The van der Waals surface area contributed by atoms with Gasteiger partial charge >= 0.3 is 0 Å². The van der Waals surface area contributed by atoms with Crippen LogP contribution < -0.4 is 10.6 Å². The molecule has 5 nitrogen and oxygen atoms in total. The highest BCUT2D eigenvalue weighted by molar-refractivity contribution is 5.43. The lowest BCUT2D eigenvalue weighted by atomic mass is 9.52. The van der Waals surface area contributed by atoms with Crippen LogP contribution in [0.3, 0.4) is 0 Å². The summed E-state index contributed by atoms with van der Waals surface area (Å²) in [6.07, 6.45) is 3.96.